The van der Waals surface area contributed by atoms with Crippen molar-refractivity contribution >= 4 is 11.6 Å². The van der Waals surface area contributed by atoms with E-state index >= 15 is 0 Å². The molecule has 5 heteroatoms. The summed E-state index contributed by atoms with van der Waals surface area (Å²) in [7, 11) is 0. The molecule has 2 aromatic carbocycles. The lowest BCUT2D eigenvalue weighted by Crippen LogP contribution is -2.44. The van der Waals surface area contributed by atoms with E-state index in [0.717, 1.165) is 11.3 Å². The zero-order chi connectivity index (χ0) is 20.8. The molecule has 2 heterocycles. The van der Waals surface area contributed by atoms with E-state index in [4.69, 9.17) is 9.47 Å². The Hall–Kier alpha value is -2.66. The van der Waals surface area contributed by atoms with E-state index in [-0.39, 0.29) is 23.6 Å². The van der Waals surface area contributed by atoms with Crippen LogP contribution >= 0.6 is 0 Å². The smallest absolute Gasteiger partial charge is 0.261 e. The fraction of sp³-hybridized carbons (Fsp3) is 0.375. The normalized spacial score (nSPS) is 23.6. The monoisotopic (exact) mass is 395 g/mol. The molecule has 0 bridgehead atoms. The van der Waals surface area contributed by atoms with Gasteiger partial charge in [0.15, 0.2) is 5.60 Å². The Balaban J connectivity index is 1.53. The fourth-order valence-corrected chi connectivity index (χ4v) is 4.03. The van der Waals surface area contributed by atoms with Crippen LogP contribution in [0.25, 0.3) is 0 Å². The number of ether oxygens (including phenoxy) is 2. The van der Waals surface area contributed by atoms with Crippen molar-refractivity contribution < 1.29 is 18.7 Å². The molecule has 29 heavy (non-hydrogen) atoms. The second kappa shape index (κ2) is 6.99. The topological polar surface area (TPSA) is 47.6 Å². The molecule has 2 atom stereocenters. The van der Waals surface area contributed by atoms with E-state index in [0.29, 0.717) is 12.0 Å². The van der Waals surface area contributed by atoms with Gasteiger partial charge in [-0.25, -0.2) is 4.39 Å². The van der Waals surface area contributed by atoms with Crippen molar-refractivity contribution in [3.8, 4) is 5.75 Å². The van der Waals surface area contributed by atoms with Crippen molar-refractivity contribution in [2.45, 2.75) is 51.2 Å². The molecule has 1 amide bonds. The minimum atomic E-state index is -1.21. The van der Waals surface area contributed by atoms with Crippen molar-refractivity contribution in [1.82, 2.24) is 0 Å². The summed E-state index contributed by atoms with van der Waals surface area (Å²) in [6.45, 7) is 8.73. The molecule has 1 spiro atoms. The first-order valence-electron chi connectivity index (χ1n) is 9.88. The largest absolute Gasteiger partial charge is 0.491 e. The van der Waals surface area contributed by atoms with E-state index in [1.165, 1.54) is 11.6 Å². The molecule has 0 fully saturated rings. The van der Waals surface area contributed by atoms with Gasteiger partial charge in [0.25, 0.3) is 5.91 Å². The van der Waals surface area contributed by atoms with Gasteiger partial charge >= 0.3 is 0 Å². The highest BCUT2D eigenvalue weighted by molar-refractivity contribution is 6.05. The standard InChI is InChI=1S/C24H26FNO3/c1-15-12-18(14-28-17-10-8-16(9-11-17)23(2,3)4)29-24(13-15)19-6-5-7-20(25)21(19)26-22(24)27/h5-12,18H,13-14H2,1-4H3,(H,26,27)/t18-,24+/m1/s1. The molecule has 0 unspecified atom stereocenters. The molecule has 4 rings (SSSR count). The number of anilines is 1. The number of benzene rings is 2. The zero-order valence-electron chi connectivity index (χ0n) is 17.2. The van der Waals surface area contributed by atoms with E-state index in [1.807, 2.05) is 25.1 Å². The highest BCUT2D eigenvalue weighted by atomic mass is 19.1. The van der Waals surface area contributed by atoms with Gasteiger partial charge in [0.05, 0.1) is 5.69 Å². The highest BCUT2D eigenvalue weighted by Gasteiger charge is 2.51. The predicted octanol–water partition coefficient (Wildman–Crippen LogP) is 5.08. The summed E-state index contributed by atoms with van der Waals surface area (Å²) in [4.78, 5) is 12.8. The van der Waals surface area contributed by atoms with Gasteiger partial charge < -0.3 is 14.8 Å². The summed E-state index contributed by atoms with van der Waals surface area (Å²) in [5.74, 6) is -0.0329. The van der Waals surface area contributed by atoms with Crippen LogP contribution in [0.5, 0.6) is 5.75 Å². The van der Waals surface area contributed by atoms with Gasteiger partial charge in [0.1, 0.15) is 24.3 Å². The number of carbonyl (C=O) groups excluding carboxylic acids is 1. The number of nitrogens with one attached hydrogen (secondary N) is 1. The van der Waals surface area contributed by atoms with Gasteiger partial charge in [-0.3, -0.25) is 4.79 Å². The molecule has 2 aromatic rings. The second-order valence-electron chi connectivity index (χ2n) is 8.88. The Morgan fingerprint density at radius 2 is 1.93 bits per heavy atom. The molecule has 0 saturated heterocycles. The van der Waals surface area contributed by atoms with Gasteiger partial charge in [-0.1, -0.05) is 56.7 Å². The molecule has 1 N–H and O–H groups in total. The minimum absolute atomic E-state index is 0.0791. The van der Waals surface area contributed by atoms with Gasteiger partial charge in [-0.15, -0.1) is 0 Å². The Kier molecular flexibility index (Phi) is 4.74. The maximum atomic E-state index is 14.2. The van der Waals surface area contributed by atoms with E-state index < -0.39 is 17.5 Å². The number of para-hydroxylation sites is 1. The molecule has 0 saturated carbocycles. The van der Waals surface area contributed by atoms with Gasteiger partial charge in [0.2, 0.25) is 0 Å². The van der Waals surface area contributed by atoms with Crippen molar-refractivity contribution in [3.63, 3.8) is 0 Å². The molecule has 0 radical (unpaired) electrons. The summed E-state index contributed by atoms with van der Waals surface area (Å²) in [6, 6.07) is 12.7. The van der Waals surface area contributed by atoms with Crippen LogP contribution in [0.3, 0.4) is 0 Å². The number of hydrogen-bond donors (Lipinski definition) is 1. The Labute approximate surface area is 170 Å². The third-order valence-corrected chi connectivity index (χ3v) is 5.54. The van der Waals surface area contributed by atoms with Crippen LogP contribution in [0.4, 0.5) is 10.1 Å². The minimum Gasteiger partial charge on any atom is -0.491 e. The average molecular weight is 395 g/mol. The van der Waals surface area contributed by atoms with Crippen molar-refractivity contribution in [2.24, 2.45) is 0 Å². The van der Waals surface area contributed by atoms with Crippen molar-refractivity contribution in [3.05, 3.63) is 71.1 Å². The van der Waals surface area contributed by atoms with Crippen LogP contribution in [0.2, 0.25) is 0 Å². The summed E-state index contributed by atoms with van der Waals surface area (Å²) >= 11 is 0. The molecule has 0 aromatic heterocycles. The third kappa shape index (κ3) is 3.55. The summed E-state index contributed by atoms with van der Waals surface area (Å²) < 4.78 is 26.3. The lowest BCUT2D eigenvalue weighted by atomic mass is 9.85. The lowest BCUT2D eigenvalue weighted by Gasteiger charge is -2.35. The number of hydrogen-bond acceptors (Lipinski definition) is 3. The first-order valence-corrected chi connectivity index (χ1v) is 9.88. The number of amides is 1. The van der Waals surface area contributed by atoms with Gasteiger partial charge in [-0.2, -0.15) is 0 Å². The Morgan fingerprint density at radius 3 is 2.62 bits per heavy atom. The highest BCUT2D eigenvalue weighted by Crippen LogP contribution is 2.46. The van der Waals surface area contributed by atoms with Crippen LogP contribution in [-0.2, 0) is 20.5 Å². The van der Waals surface area contributed by atoms with E-state index in [9.17, 15) is 9.18 Å². The molecule has 4 nitrogen and oxygen atoms in total. The average Bonchev–Trinajstić information content (AvgIpc) is 2.92. The number of fused-ring (bicyclic) bond motifs is 2. The second-order valence-corrected chi connectivity index (χ2v) is 8.88. The van der Waals surface area contributed by atoms with Crippen molar-refractivity contribution in [2.75, 3.05) is 11.9 Å². The lowest BCUT2D eigenvalue weighted by molar-refractivity contribution is -0.151. The van der Waals surface area contributed by atoms with E-state index in [2.05, 4.69) is 38.2 Å². The van der Waals surface area contributed by atoms with Crippen LogP contribution in [-0.4, -0.2) is 18.6 Å². The number of halogens is 1. The molecule has 152 valence electrons. The summed E-state index contributed by atoms with van der Waals surface area (Å²) in [5, 5.41) is 2.65. The van der Waals surface area contributed by atoms with Crippen LogP contribution in [0.1, 0.15) is 45.2 Å². The molecular weight excluding hydrogens is 369 g/mol. The first-order chi connectivity index (χ1) is 13.7. The molecular formula is C24H26FNO3. The SMILES string of the molecule is CC1=C[C@H](COc2ccc(C(C)(C)C)cc2)O[C@]2(C1)C(=O)Nc1c(F)cccc12. The molecule has 2 aliphatic rings. The zero-order valence-corrected chi connectivity index (χ0v) is 17.2. The maximum absolute atomic E-state index is 14.2. The van der Waals surface area contributed by atoms with Gasteiger partial charge in [0, 0.05) is 12.0 Å². The predicted molar refractivity (Wildman–Crippen MR) is 111 cm³/mol. The van der Waals surface area contributed by atoms with Crippen LogP contribution in [0, 0.1) is 5.82 Å². The number of carbonyl (C=O) groups is 1. The quantitative estimate of drug-likeness (QED) is 0.737. The molecule has 0 aliphatic carbocycles. The van der Waals surface area contributed by atoms with Gasteiger partial charge in [-0.05, 0) is 36.1 Å². The first kappa shape index (κ1) is 19.6. The maximum Gasteiger partial charge on any atom is 0.261 e. The third-order valence-electron chi connectivity index (χ3n) is 5.54. The molecule has 2 aliphatic heterocycles. The Morgan fingerprint density at radius 1 is 1.21 bits per heavy atom. The Bertz CT molecular complexity index is 975. The van der Waals surface area contributed by atoms with Crippen LogP contribution < -0.4 is 10.1 Å². The fourth-order valence-electron chi connectivity index (χ4n) is 4.03. The summed E-state index contributed by atoms with van der Waals surface area (Å²) in [5.41, 5.74) is 1.88. The number of rotatable bonds is 3. The van der Waals surface area contributed by atoms with E-state index in [1.54, 1.807) is 12.1 Å². The van der Waals surface area contributed by atoms with Crippen molar-refractivity contribution in [1.29, 1.82) is 0 Å². The summed E-state index contributed by atoms with van der Waals surface area (Å²) in [6.07, 6.45) is 1.96. The van der Waals surface area contributed by atoms with Crippen LogP contribution in [0.15, 0.2) is 54.1 Å².